The van der Waals surface area contributed by atoms with Crippen molar-refractivity contribution in [1.29, 1.82) is 0 Å². The number of rotatable bonds is 4. The van der Waals surface area contributed by atoms with Crippen molar-refractivity contribution in [3.05, 3.63) is 88.8 Å². The summed E-state index contributed by atoms with van der Waals surface area (Å²) in [6, 6.07) is 14.2. The highest BCUT2D eigenvalue weighted by Gasteiger charge is 2.40. The van der Waals surface area contributed by atoms with E-state index < -0.39 is 29.7 Å². The monoisotopic (exact) mass is 504 g/mol. The molecule has 3 atom stereocenters. The fourth-order valence-corrected chi connectivity index (χ4v) is 5.59. The molecule has 1 unspecified atom stereocenters. The van der Waals surface area contributed by atoms with Crippen LogP contribution in [-0.4, -0.2) is 48.4 Å². The Morgan fingerprint density at radius 3 is 2.54 bits per heavy atom. The van der Waals surface area contributed by atoms with Gasteiger partial charge in [-0.25, -0.2) is 14.0 Å². The lowest BCUT2D eigenvalue weighted by Crippen LogP contribution is -2.42. The number of nitrogens with zero attached hydrogens (tertiary/aromatic N) is 1. The Hall–Kier alpha value is -3.61. The van der Waals surface area contributed by atoms with Gasteiger partial charge in [0.1, 0.15) is 18.0 Å². The smallest absolute Gasteiger partial charge is 0.410 e. The Morgan fingerprint density at radius 2 is 1.78 bits per heavy atom. The first-order valence-electron chi connectivity index (χ1n) is 12.9. The maximum atomic E-state index is 14.7. The average molecular weight is 505 g/mol. The molecule has 0 aromatic heterocycles. The van der Waals surface area contributed by atoms with Crippen molar-refractivity contribution < 1.29 is 23.5 Å². The Kier molecular flexibility index (Phi) is 6.80. The maximum Gasteiger partial charge on any atom is 0.410 e. The van der Waals surface area contributed by atoms with Crippen LogP contribution in [0.1, 0.15) is 62.1 Å². The summed E-state index contributed by atoms with van der Waals surface area (Å²) in [5.41, 5.74) is 4.74. The van der Waals surface area contributed by atoms with Crippen LogP contribution in [0.2, 0.25) is 0 Å². The van der Waals surface area contributed by atoms with Gasteiger partial charge in [0.2, 0.25) is 0 Å². The number of ether oxygens (including phenoxy) is 2. The third-order valence-electron chi connectivity index (χ3n) is 7.20. The molecule has 1 heterocycles. The molecule has 1 fully saturated rings. The molecule has 1 aliphatic heterocycles. The van der Waals surface area contributed by atoms with E-state index in [2.05, 4.69) is 29.6 Å². The molecule has 3 aliphatic rings. The van der Waals surface area contributed by atoms with Crippen LogP contribution < -0.4 is 5.32 Å². The van der Waals surface area contributed by atoms with Gasteiger partial charge in [-0.15, -0.1) is 0 Å². The van der Waals surface area contributed by atoms with E-state index in [-0.39, 0.29) is 31.4 Å². The van der Waals surface area contributed by atoms with E-state index in [1.807, 2.05) is 12.1 Å². The summed E-state index contributed by atoms with van der Waals surface area (Å²) in [6.07, 6.45) is 5.24. The van der Waals surface area contributed by atoms with Gasteiger partial charge in [-0.3, -0.25) is 0 Å². The van der Waals surface area contributed by atoms with Crippen LogP contribution >= 0.6 is 0 Å². The minimum absolute atomic E-state index is 0.0160. The predicted octanol–water partition coefficient (Wildman–Crippen LogP) is 6.16. The van der Waals surface area contributed by atoms with Gasteiger partial charge in [-0.2, -0.15) is 0 Å². The van der Waals surface area contributed by atoms with E-state index in [9.17, 15) is 14.0 Å². The first-order chi connectivity index (χ1) is 17.7. The van der Waals surface area contributed by atoms with E-state index in [4.69, 9.17) is 9.47 Å². The maximum absolute atomic E-state index is 14.7. The Morgan fingerprint density at radius 1 is 1.05 bits per heavy atom. The minimum atomic E-state index is -0.659. The molecule has 2 aromatic rings. The highest BCUT2D eigenvalue weighted by molar-refractivity contribution is 5.81. The molecule has 1 N–H and O–H groups in total. The number of carbonyl (C=O) groups excluding carboxylic acids is 2. The molecule has 1 saturated heterocycles. The Labute approximate surface area is 217 Å². The molecular weight excluding hydrogens is 471 g/mol. The van der Waals surface area contributed by atoms with Gasteiger partial charge < -0.3 is 19.7 Å². The lowest BCUT2D eigenvalue weighted by atomic mass is 9.93. The van der Waals surface area contributed by atoms with Crippen molar-refractivity contribution in [2.45, 2.75) is 57.1 Å². The Bertz CT molecular complexity index is 1260. The number of alkyl carbamates (subject to hydrolysis) is 1. The lowest BCUT2D eigenvalue weighted by Gasteiger charge is -2.24. The summed E-state index contributed by atoms with van der Waals surface area (Å²) in [4.78, 5) is 27.3. The molecule has 194 valence electrons. The predicted molar refractivity (Wildman–Crippen MR) is 140 cm³/mol. The van der Waals surface area contributed by atoms with Crippen molar-refractivity contribution in [2.24, 2.45) is 0 Å². The van der Waals surface area contributed by atoms with Gasteiger partial charge in [-0.05, 0) is 67.5 Å². The number of carbonyl (C=O) groups is 2. The average Bonchev–Trinajstić information content (AvgIpc) is 3.41. The summed E-state index contributed by atoms with van der Waals surface area (Å²) < 4.78 is 26.0. The largest absolute Gasteiger partial charge is 0.449 e. The van der Waals surface area contributed by atoms with Crippen LogP contribution in [0.3, 0.4) is 0 Å². The zero-order chi connectivity index (χ0) is 26.2. The van der Waals surface area contributed by atoms with Crippen LogP contribution in [-0.2, 0) is 9.47 Å². The van der Waals surface area contributed by atoms with E-state index in [0.29, 0.717) is 5.56 Å². The first-order valence-corrected chi connectivity index (χ1v) is 12.9. The molecule has 2 aliphatic carbocycles. The van der Waals surface area contributed by atoms with Crippen LogP contribution in [0.15, 0.2) is 66.3 Å². The molecule has 0 bridgehead atoms. The van der Waals surface area contributed by atoms with Crippen molar-refractivity contribution in [3.8, 4) is 0 Å². The molecule has 6 nitrogen and oxygen atoms in total. The summed E-state index contributed by atoms with van der Waals surface area (Å²) in [5, 5.41) is 2.91. The van der Waals surface area contributed by atoms with Crippen molar-refractivity contribution in [3.63, 3.8) is 0 Å². The van der Waals surface area contributed by atoms with Crippen molar-refractivity contribution in [2.75, 3.05) is 19.7 Å². The molecule has 7 heteroatoms. The number of fused-ring (bicyclic) bond motifs is 2. The van der Waals surface area contributed by atoms with Gasteiger partial charge in [0.05, 0.1) is 6.04 Å². The molecule has 37 heavy (non-hydrogen) atoms. The number of allylic oxidation sites excluding steroid dienone is 3. The van der Waals surface area contributed by atoms with Crippen LogP contribution in [0.5, 0.6) is 0 Å². The SMILES string of the molecule is CC(C)(C)OC(=O)N1C[C@H](NC(=O)OCC2C3=C(CCC=C3)c3ccccc32)[C@@H](c2ccccc2F)C1. The van der Waals surface area contributed by atoms with E-state index >= 15 is 0 Å². The quantitative estimate of drug-likeness (QED) is 0.542. The Balaban J connectivity index is 1.29. The zero-order valence-electron chi connectivity index (χ0n) is 21.5. The summed E-state index contributed by atoms with van der Waals surface area (Å²) in [7, 11) is 0. The van der Waals surface area contributed by atoms with Crippen molar-refractivity contribution in [1.82, 2.24) is 10.2 Å². The fourth-order valence-electron chi connectivity index (χ4n) is 5.59. The molecular formula is C30H33FN2O4. The number of amides is 2. The summed E-state index contributed by atoms with van der Waals surface area (Å²) in [6.45, 7) is 6.04. The second kappa shape index (κ2) is 10.0. The molecule has 2 amide bonds. The molecule has 0 radical (unpaired) electrons. The number of hydrogen-bond donors (Lipinski definition) is 1. The van der Waals surface area contributed by atoms with Gasteiger partial charge in [-0.1, -0.05) is 54.6 Å². The van der Waals surface area contributed by atoms with Crippen LogP contribution in [0.4, 0.5) is 14.0 Å². The standard InChI is InChI=1S/C30H33FN2O4/c1-30(2,3)37-29(35)33-16-24(23-14-8-9-15-26(23)31)27(17-33)32-28(34)36-18-25-21-12-6-4-10-19(21)20-11-5-7-13-22(20)25/h4,6-10,12-15,24-25,27H,5,11,16-18H2,1-3H3,(H,32,34)/t24-,25?,27+/m1/s1. The summed E-state index contributed by atoms with van der Waals surface area (Å²) >= 11 is 0. The minimum Gasteiger partial charge on any atom is -0.449 e. The van der Waals surface area contributed by atoms with Gasteiger partial charge in [0.25, 0.3) is 0 Å². The third kappa shape index (κ3) is 5.26. The number of halogens is 1. The van der Waals surface area contributed by atoms with E-state index in [0.717, 1.165) is 12.8 Å². The third-order valence-corrected chi connectivity index (χ3v) is 7.20. The van der Waals surface area contributed by atoms with E-state index in [1.165, 1.54) is 33.2 Å². The first kappa shape index (κ1) is 25.1. The second-order valence-electron chi connectivity index (χ2n) is 10.9. The molecule has 0 spiro atoms. The summed E-state index contributed by atoms with van der Waals surface area (Å²) in [5.74, 6) is -0.813. The molecule has 0 saturated carbocycles. The van der Waals surface area contributed by atoms with Gasteiger partial charge >= 0.3 is 12.2 Å². The number of hydrogen-bond acceptors (Lipinski definition) is 4. The van der Waals surface area contributed by atoms with Crippen LogP contribution in [0, 0.1) is 5.82 Å². The molecule has 2 aromatic carbocycles. The zero-order valence-corrected chi connectivity index (χ0v) is 21.5. The highest BCUT2D eigenvalue weighted by atomic mass is 19.1. The van der Waals surface area contributed by atoms with Gasteiger partial charge in [0, 0.05) is 24.9 Å². The number of likely N-dealkylation sites (tertiary alicyclic amines) is 1. The molecule has 5 rings (SSSR count). The van der Waals surface area contributed by atoms with Gasteiger partial charge in [0.15, 0.2) is 0 Å². The second-order valence-corrected chi connectivity index (χ2v) is 10.9. The van der Waals surface area contributed by atoms with Crippen molar-refractivity contribution >= 4 is 17.8 Å². The highest BCUT2D eigenvalue weighted by Crippen LogP contribution is 2.46. The van der Waals surface area contributed by atoms with E-state index in [1.54, 1.807) is 39.0 Å². The normalized spacial score (nSPS) is 22.5. The lowest BCUT2D eigenvalue weighted by molar-refractivity contribution is 0.0288. The number of benzene rings is 2. The number of nitrogens with one attached hydrogen (secondary N) is 1. The van der Waals surface area contributed by atoms with Crippen LogP contribution in [0.25, 0.3) is 5.57 Å². The topological polar surface area (TPSA) is 67.9 Å². The fraction of sp³-hybridized carbons (Fsp3) is 0.400.